The largest absolute Gasteiger partial charge is 0.222 e. The standard InChI is InChI=1S/C14H17ClN4/c1-3-4-12-16-13(15)9(2)14(17-12)19-8-7-11(18-19)10-5-6-10/h7-8,10H,3-6H2,1-2H3. The van der Waals surface area contributed by atoms with Gasteiger partial charge in [0.25, 0.3) is 0 Å². The van der Waals surface area contributed by atoms with Crippen molar-refractivity contribution in [2.24, 2.45) is 0 Å². The highest BCUT2D eigenvalue weighted by molar-refractivity contribution is 6.30. The summed E-state index contributed by atoms with van der Waals surface area (Å²) in [7, 11) is 0. The predicted octanol–water partition coefficient (Wildman–Crippen LogP) is 3.45. The molecule has 4 nitrogen and oxygen atoms in total. The topological polar surface area (TPSA) is 43.6 Å². The molecule has 0 saturated heterocycles. The van der Waals surface area contributed by atoms with Gasteiger partial charge in [-0.25, -0.2) is 14.6 Å². The lowest BCUT2D eigenvalue weighted by atomic mass is 10.3. The lowest BCUT2D eigenvalue weighted by Crippen LogP contribution is -2.07. The fourth-order valence-corrected chi connectivity index (χ4v) is 2.31. The second kappa shape index (κ2) is 4.93. The first kappa shape index (κ1) is 12.6. The molecule has 5 heteroatoms. The fourth-order valence-electron chi connectivity index (χ4n) is 2.13. The molecule has 1 fully saturated rings. The summed E-state index contributed by atoms with van der Waals surface area (Å²) in [5.74, 6) is 2.24. The molecule has 1 saturated carbocycles. The van der Waals surface area contributed by atoms with Crippen molar-refractivity contribution in [3.63, 3.8) is 0 Å². The molecule has 19 heavy (non-hydrogen) atoms. The predicted molar refractivity (Wildman–Crippen MR) is 74.9 cm³/mol. The highest BCUT2D eigenvalue weighted by Crippen LogP contribution is 2.39. The Labute approximate surface area is 117 Å². The summed E-state index contributed by atoms with van der Waals surface area (Å²) in [6.07, 6.45) is 6.31. The number of aromatic nitrogens is 4. The number of hydrogen-bond acceptors (Lipinski definition) is 3. The zero-order valence-corrected chi connectivity index (χ0v) is 12.0. The Morgan fingerprint density at radius 1 is 1.37 bits per heavy atom. The third-order valence-corrected chi connectivity index (χ3v) is 3.77. The molecule has 2 aromatic rings. The molecule has 1 aliphatic rings. The van der Waals surface area contributed by atoms with Crippen molar-refractivity contribution in [3.05, 3.63) is 34.5 Å². The highest BCUT2D eigenvalue weighted by Gasteiger charge is 2.26. The summed E-state index contributed by atoms with van der Waals surface area (Å²) in [5, 5.41) is 5.14. The Kier molecular flexibility index (Phi) is 3.27. The average molecular weight is 277 g/mol. The van der Waals surface area contributed by atoms with Crippen molar-refractivity contribution in [2.75, 3.05) is 0 Å². The van der Waals surface area contributed by atoms with Crippen LogP contribution in [0.4, 0.5) is 0 Å². The lowest BCUT2D eigenvalue weighted by molar-refractivity contribution is 0.764. The van der Waals surface area contributed by atoms with Crippen LogP contribution in [0.5, 0.6) is 0 Å². The summed E-state index contributed by atoms with van der Waals surface area (Å²) >= 11 is 6.19. The maximum Gasteiger partial charge on any atom is 0.161 e. The number of aryl methyl sites for hydroxylation is 1. The zero-order chi connectivity index (χ0) is 13.4. The molecule has 1 aliphatic carbocycles. The molecule has 0 aromatic carbocycles. The summed E-state index contributed by atoms with van der Waals surface area (Å²) in [5.41, 5.74) is 2.04. The van der Waals surface area contributed by atoms with Crippen LogP contribution in [0.3, 0.4) is 0 Å². The van der Waals surface area contributed by atoms with Gasteiger partial charge in [-0.05, 0) is 32.3 Å². The maximum atomic E-state index is 6.19. The Morgan fingerprint density at radius 2 is 2.16 bits per heavy atom. The average Bonchev–Trinajstić information content (AvgIpc) is 3.12. The van der Waals surface area contributed by atoms with Crippen LogP contribution in [0.1, 0.15) is 49.2 Å². The van der Waals surface area contributed by atoms with Gasteiger partial charge in [-0.2, -0.15) is 5.10 Å². The molecule has 100 valence electrons. The summed E-state index contributed by atoms with van der Waals surface area (Å²) in [4.78, 5) is 8.91. The third kappa shape index (κ3) is 2.50. The summed E-state index contributed by atoms with van der Waals surface area (Å²) in [6, 6.07) is 2.08. The molecule has 0 N–H and O–H groups in total. The molecule has 0 amide bonds. The van der Waals surface area contributed by atoms with Crippen LogP contribution in [0.15, 0.2) is 12.3 Å². The molecule has 0 radical (unpaired) electrons. The van der Waals surface area contributed by atoms with Crippen molar-refractivity contribution in [3.8, 4) is 5.82 Å². The van der Waals surface area contributed by atoms with Gasteiger partial charge in [-0.15, -0.1) is 0 Å². The van der Waals surface area contributed by atoms with E-state index in [9.17, 15) is 0 Å². The Morgan fingerprint density at radius 3 is 2.84 bits per heavy atom. The lowest BCUT2D eigenvalue weighted by Gasteiger charge is -2.08. The van der Waals surface area contributed by atoms with Gasteiger partial charge in [0.05, 0.1) is 5.69 Å². The van der Waals surface area contributed by atoms with Gasteiger partial charge in [0.15, 0.2) is 5.82 Å². The first-order valence-corrected chi connectivity index (χ1v) is 7.15. The third-order valence-electron chi connectivity index (χ3n) is 3.40. The number of halogens is 1. The zero-order valence-electron chi connectivity index (χ0n) is 11.2. The minimum absolute atomic E-state index is 0.525. The van der Waals surface area contributed by atoms with E-state index in [4.69, 9.17) is 11.6 Å². The summed E-state index contributed by atoms with van der Waals surface area (Å²) < 4.78 is 1.83. The molecule has 2 aromatic heterocycles. The first-order chi connectivity index (χ1) is 9.19. The normalized spacial score (nSPS) is 14.9. The SMILES string of the molecule is CCCc1nc(Cl)c(C)c(-n2ccc(C3CC3)n2)n1. The highest BCUT2D eigenvalue weighted by atomic mass is 35.5. The number of nitrogens with zero attached hydrogens (tertiary/aromatic N) is 4. The van der Waals surface area contributed by atoms with Crippen molar-refractivity contribution in [1.82, 2.24) is 19.7 Å². The van der Waals surface area contributed by atoms with Gasteiger partial charge in [-0.3, -0.25) is 0 Å². The molecule has 0 aliphatic heterocycles. The monoisotopic (exact) mass is 276 g/mol. The van der Waals surface area contributed by atoms with E-state index in [1.807, 2.05) is 17.8 Å². The molecule has 0 spiro atoms. The Bertz CT molecular complexity index is 601. The van der Waals surface area contributed by atoms with Gasteiger partial charge < -0.3 is 0 Å². The molecule has 0 atom stereocenters. The van der Waals surface area contributed by atoms with Crippen LogP contribution in [0.2, 0.25) is 5.15 Å². The van der Waals surface area contributed by atoms with Crippen LogP contribution in [-0.2, 0) is 6.42 Å². The molecular formula is C14H17ClN4. The Balaban J connectivity index is 2.01. The van der Waals surface area contributed by atoms with Gasteiger partial charge in [0.1, 0.15) is 11.0 Å². The van der Waals surface area contributed by atoms with Gasteiger partial charge in [0, 0.05) is 24.1 Å². The second-order valence-corrected chi connectivity index (χ2v) is 5.45. The smallest absolute Gasteiger partial charge is 0.161 e. The minimum atomic E-state index is 0.525. The van der Waals surface area contributed by atoms with Crippen LogP contribution >= 0.6 is 11.6 Å². The molecule has 0 unspecified atom stereocenters. The summed E-state index contributed by atoms with van der Waals surface area (Å²) in [6.45, 7) is 4.04. The molecule has 2 heterocycles. The van der Waals surface area contributed by atoms with E-state index in [-0.39, 0.29) is 0 Å². The van der Waals surface area contributed by atoms with E-state index >= 15 is 0 Å². The van der Waals surface area contributed by atoms with E-state index in [1.165, 1.54) is 12.8 Å². The van der Waals surface area contributed by atoms with E-state index in [0.29, 0.717) is 11.1 Å². The van der Waals surface area contributed by atoms with Crippen molar-refractivity contribution >= 4 is 11.6 Å². The Hall–Kier alpha value is -1.42. The van der Waals surface area contributed by atoms with E-state index < -0.39 is 0 Å². The first-order valence-electron chi connectivity index (χ1n) is 6.78. The maximum absolute atomic E-state index is 6.19. The van der Waals surface area contributed by atoms with Gasteiger partial charge >= 0.3 is 0 Å². The van der Waals surface area contributed by atoms with Crippen LogP contribution in [-0.4, -0.2) is 19.7 Å². The quantitative estimate of drug-likeness (QED) is 0.804. The van der Waals surface area contributed by atoms with E-state index in [1.54, 1.807) is 0 Å². The van der Waals surface area contributed by atoms with Crippen LogP contribution < -0.4 is 0 Å². The number of rotatable bonds is 4. The molecular weight excluding hydrogens is 260 g/mol. The van der Waals surface area contributed by atoms with Gasteiger partial charge in [-0.1, -0.05) is 18.5 Å². The number of hydrogen-bond donors (Lipinski definition) is 0. The van der Waals surface area contributed by atoms with E-state index in [0.717, 1.165) is 35.7 Å². The van der Waals surface area contributed by atoms with Crippen LogP contribution in [0, 0.1) is 6.92 Å². The van der Waals surface area contributed by atoms with Crippen LogP contribution in [0.25, 0.3) is 5.82 Å². The molecule has 3 rings (SSSR count). The minimum Gasteiger partial charge on any atom is -0.222 e. The fraction of sp³-hybridized carbons (Fsp3) is 0.500. The van der Waals surface area contributed by atoms with Gasteiger partial charge in [0.2, 0.25) is 0 Å². The molecule has 0 bridgehead atoms. The van der Waals surface area contributed by atoms with Crippen molar-refractivity contribution < 1.29 is 0 Å². The van der Waals surface area contributed by atoms with Crippen molar-refractivity contribution in [2.45, 2.75) is 45.4 Å². The second-order valence-electron chi connectivity index (χ2n) is 5.09. The van der Waals surface area contributed by atoms with Crippen molar-refractivity contribution in [1.29, 1.82) is 0 Å². The van der Waals surface area contributed by atoms with E-state index in [2.05, 4.69) is 28.1 Å².